The van der Waals surface area contributed by atoms with Gasteiger partial charge in [-0.05, 0) is 37.3 Å². The van der Waals surface area contributed by atoms with Crippen LogP contribution in [0.15, 0.2) is 17.5 Å². The minimum Gasteiger partial charge on any atom is -0.314 e. The van der Waals surface area contributed by atoms with Gasteiger partial charge in [0.05, 0.1) is 5.75 Å². The second-order valence-corrected chi connectivity index (χ2v) is 7.61. The van der Waals surface area contributed by atoms with Crippen molar-refractivity contribution in [2.45, 2.75) is 38.3 Å². The molecule has 1 atom stereocenters. The Kier molecular flexibility index (Phi) is 5.17. The summed E-state index contributed by atoms with van der Waals surface area (Å²) in [6.07, 6.45) is 4.22. The molecule has 1 aromatic heterocycles. The summed E-state index contributed by atoms with van der Waals surface area (Å²) in [4.78, 5) is 1.05. The van der Waals surface area contributed by atoms with E-state index in [1.807, 2.05) is 17.5 Å². The van der Waals surface area contributed by atoms with E-state index in [1.54, 1.807) is 11.3 Å². The summed E-state index contributed by atoms with van der Waals surface area (Å²) in [5.74, 6) is 0.218. The molecule has 102 valence electrons. The maximum atomic E-state index is 11.8. The normalized spacial score (nSPS) is 21.0. The molecule has 0 spiro atoms. The molecule has 0 aromatic carbocycles. The van der Waals surface area contributed by atoms with E-state index in [0.717, 1.165) is 17.8 Å². The van der Waals surface area contributed by atoms with E-state index in [9.17, 15) is 8.42 Å². The molecule has 6 heteroatoms. The van der Waals surface area contributed by atoms with E-state index < -0.39 is 10.0 Å². The van der Waals surface area contributed by atoms with Crippen molar-refractivity contribution < 1.29 is 8.42 Å². The fourth-order valence-electron chi connectivity index (χ4n) is 2.13. The third kappa shape index (κ3) is 4.68. The predicted octanol–water partition coefficient (Wildman–Crippen LogP) is 1.70. The summed E-state index contributed by atoms with van der Waals surface area (Å²) >= 11 is 1.57. The van der Waals surface area contributed by atoms with Crippen LogP contribution in [-0.4, -0.2) is 26.8 Å². The van der Waals surface area contributed by atoms with Crippen molar-refractivity contribution in [1.29, 1.82) is 0 Å². The molecule has 1 aromatic rings. The zero-order chi connectivity index (χ0) is 12.8. The molecule has 2 heterocycles. The van der Waals surface area contributed by atoms with Crippen LogP contribution in [0.5, 0.6) is 0 Å². The van der Waals surface area contributed by atoms with E-state index in [4.69, 9.17) is 0 Å². The Hall–Kier alpha value is -0.430. The second-order valence-electron chi connectivity index (χ2n) is 4.65. The quantitative estimate of drug-likeness (QED) is 0.837. The second kappa shape index (κ2) is 6.65. The average molecular weight is 288 g/mol. The van der Waals surface area contributed by atoms with Gasteiger partial charge in [-0.1, -0.05) is 12.5 Å². The molecule has 18 heavy (non-hydrogen) atoms. The zero-order valence-corrected chi connectivity index (χ0v) is 12.0. The van der Waals surface area contributed by atoms with Crippen molar-refractivity contribution in [1.82, 2.24) is 10.0 Å². The molecule has 1 fully saturated rings. The van der Waals surface area contributed by atoms with E-state index in [1.165, 1.54) is 12.8 Å². The maximum Gasteiger partial charge on any atom is 0.211 e. The van der Waals surface area contributed by atoms with Crippen molar-refractivity contribution in [3.8, 4) is 0 Å². The molecular formula is C12H20N2O2S2. The van der Waals surface area contributed by atoms with E-state index >= 15 is 0 Å². The number of thiophene rings is 1. The largest absolute Gasteiger partial charge is 0.314 e. The Labute approximate surface area is 113 Å². The molecule has 2 N–H and O–H groups in total. The average Bonchev–Trinajstić information content (AvgIpc) is 2.89. The smallest absolute Gasteiger partial charge is 0.211 e. The van der Waals surface area contributed by atoms with Crippen molar-refractivity contribution in [2.75, 3.05) is 12.3 Å². The zero-order valence-electron chi connectivity index (χ0n) is 10.4. The van der Waals surface area contributed by atoms with Gasteiger partial charge in [0.15, 0.2) is 0 Å². The van der Waals surface area contributed by atoms with Crippen molar-refractivity contribution in [2.24, 2.45) is 0 Å². The molecule has 1 aliphatic heterocycles. The number of rotatable bonds is 6. The third-order valence-electron chi connectivity index (χ3n) is 3.19. The lowest BCUT2D eigenvalue weighted by Crippen LogP contribution is -2.37. The number of hydrogen-bond acceptors (Lipinski definition) is 4. The molecule has 1 aliphatic rings. The highest BCUT2D eigenvalue weighted by molar-refractivity contribution is 7.89. The molecular weight excluding hydrogens is 268 g/mol. The Balaban J connectivity index is 1.73. The molecule has 0 amide bonds. The Bertz CT molecular complexity index is 437. The van der Waals surface area contributed by atoms with Crippen LogP contribution in [0.4, 0.5) is 0 Å². The highest BCUT2D eigenvalue weighted by Crippen LogP contribution is 2.12. The first kappa shape index (κ1) is 14.0. The third-order valence-corrected chi connectivity index (χ3v) is 5.43. The number of sulfonamides is 1. The fraction of sp³-hybridized carbons (Fsp3) is 0.667. The van der Waals surface area contributed by atoms with Gasteiger partial charge >= 0.3 is 0 Å². The number of nitrogens with one attached hydrogen (secondary N) is 2. The SMILES string of the molecule is O=S(=O)(CCC1CCCCN1)NCc1cccs1. The number of piperidine rings is 1. The van der Waals surface area contributed by atoms with Gasteiger partial charge in [0.2, 0.25) is 10.0 Å². The molecule has 0 radical (unpaired) electrons. The summed E-state index contributed by atoms with van der Waals surface area (Å²) in [5.41, 5.74) is 0. The Morgan fingerprint density at radius 2 is 2.33 bits per heavy atom. The standard InChI is InChI=1S/C12H20N2O2S2/c15-18(16,14-10-12-5-3-8-17-12)9-6-11-4-1-2-7-13-11/h3,5,8,11,13-14H,1-2,4,6-7,9-10H2. The van der Waals surface area contributed by atoms with E-state index in [-0.39, 0.29) is 5.75 Å². The summed E-state index contributed by atoms with van der Waals surface area (Å²) < 4.78 is 26.3. The first-order valence-corrected chi connectivity index (χ1v) is 8.92. The highest BCUT2D eigenvalue weighted by Gasteiger charge is 2.17. The molecule has 0 aliphatic carbocycles. The molecule has 4 nitrogen and oxygen atoms in total. The summed E-state index contributed by atoms with van der Waals surface area (Å²) in [7, 11) is -3.14. The van der Waals surface area contributed by atoms with Gasteiger partial charge in [0, 0.05) is 17.5 Å². The predicted molar refractivity (Wildman–Crippen MR) is 75.2 cm³/mol. The minimum absolute atomic E-state index is 0.218. The van der Waals surface area contributed by atoms with Crippen LogP contribution in [0, 0.1) is 0 Å². The molecule has 2 rings (SSSR count). The Morgan fingerprint density at radius 3 is 3.00 bits per heavy atom. The number of hydrogen-bond donors (Lipinski definition) is 2. The summed E-state index contributed by atoms with van der Waals surface area (Å²) in [6, 6.07) is 4.24. The van der Waals surface area contributed by atoms with Gasteiger partial charge in [-0.25, -0.2) is 13.1 Å². The van der Waals surface area contributed by atoms with Gasteiger partial charge in [-0.15, -0.1) is 11.3 Å². The topological polar surface area (TPSA) is 58.2 Å². The highest BCUT2D eigenvalue weighted by atomic mass is 32.2. The molecule has 0 bridgehead atoms. The summed E-state index contributed by atoms with van der Waals surface area (Å²) in [6.45, 7) is 1.44. The van der Waals surface area contributed by atoms with Gasteiger partial charge in [-0.3, -0.25) is 0 Å². The fourth-order valence-corrected chi connectivity index (χ4v) is 3.98. The lowest BCUT2D eigenvalue weighted by atomic mass is 10.0. The van der Waals surface area contributed by atoms with Crippen LogP contribution in [0.1, 0.15) is 30.6 Å². The van der Waals surface area contributed by atoms with Gasteiger partial charge in [-0.2, -0.15) is 0 Å². The lowest BCUT2D eigenvalue weighted by Gasteiger charge is -2.23. The van der Waals surface area contributed by atoms with Crippen LogP contribution in [0.25, 0.3) is 0 Å². The molecule has 1 unspecified atom stereocenters. The molecule has 0 saturated carbocycles. The van der Waals surface area contributed by atoms with E-state index in [2.05, 4.69) is 10.0 Å². The van der Waals surface area contributed by atoms with Crippen LogP contribution in [0.3, 0.4) is 0 Å². The van der Waals surface area contributed by atoms with Crippen LogP contribution >= 0.6 is 11.3 Å². The van der Waals surface area contributed by atoms with Gasteiger partial charge < -0.3 is 5.32 Å². The van der Waals surface area contributed by atoms with Crippen LogP contribution in [-0.2, 0) is 16.6 Å². The summed E-state index contributed by atoms with van der Waals surface area (Å²) in [5, 5.41) is 5.33. The first-order valence-electron chi connectivity index (χ1n) is 6.39. The van der Waals surface area contributed by atoms with Gasteiger partial charge in [0.1, 0.15) is 0 Å². The van der Waals surface area contributed by atoms with Crippen molar-refractivity contribution in [3.63, 3.8) is 0 Å². The lowest BCUT2D eigenvalue weighted by molar-refractivity contribution is 0.392. The van der Waals surface area contributed by atoms with Gasteiger partial charge in [0.25, 0.3) is 0 Å². The molecule has 1 saturated heterocycles. The van der Waals surface area contributed by atoms with Crippen molar-refractivity contribution >= 4 is 21.4 Å². The minimum atomic E-state index is -3.14. The van der Waals surface area contributed by atoms with Crippen LogP contribution in [0.2, 0.25) is 0 Å². The van der Waals surface area contributed by atoms with Crippen LogP contribution < -0.4 is 10.0 Å². The first-order chi connectivity index (χ1) is 8.66. The van der Waals surface area contributed by atoms with Crippen molar-refractivity contribution in [3.05, 3.63) is 22.4 Å². The van der Waals surface area contributed by atoms with E-state index in [0.29, 0.717) is 19.0 Å². The monoisotopic (exact) mass is 288 g/mol. The Morgan fingerprint density at radius 1 is 1.44 bits per heavy atom. The maximum absolute atomic E-state index is 11.8.